The van der Waals surface area contributed by atoms with Crippen LogP contribution in [-0.4, -0.2) is 13.1 Å². The second kappa shape index (κ2) is 7.95. The highest BCUT2D eigenvalue weighted by atomic mass is 19.3. The summed E-state index contributed by atoms with van der Waals surface area (Å²) in [5, 5.41) is 0. The monoisotopic (exact) mass is 265 g/mol. The summed E-state index contributed by atoms with van der Waals surface area (Å²) in [7, 11) is 0. The zero-order chi connectivity index (χ0) is 14.3. The maximum Gasteiger partial charge on any atom is 0.268 e. The normalized spacial score (nSPS) is 10.1. The lowest BCUT2D eigenvalue weighted by molar-refractivity contribution is 0.146. The van der Waals surface area contributed by atoms with E-state index in [1.807, 2.05) is 13.8 Å². The molecule has 0 bridgehead atoms. The molecule has 0 atom stereocenters. The quantitative estimate of drug-likeness (QED) is 0.708. The fourth-order valence-electron chi connectivity index (χ4n) is 1.63. The Balaban J connectivity index is 0.00000137. The molecule has 1 nitrogen and oxygen atoms in total. The van der Waals surface area contributed by atoms with Crippen LogP contribution in [0.4, 0.5) is 23.2 Å². The number of benzene rings is 1. The van der Waals surface area contributed by atoms with Crippen molar-refractivity contribution in [2.75, 3.05) is 18.0 Å². The number of halogens is 4. The van der Waals surface area contributed by atoms with Gasteiger partial charge in [0.15, 0.2) is 0 Å². The largest absolute Gasteiger partial charge is 0.369 e. The van der Waals surface area contributed by atoms with Crippen LogP contribution in [-0.2, 0) is 0 Å². The Morgan fingerprint density at radius 3 is 1.83 bits per heavy atom. The topological polar surface area (TPSA) is 3.24 Å². The van der Waals surface area contributed by atoms with E-state index in [4.69, 9.17) is 0 Å². The molecule has 0 amide bonds. The summed E-state index contributed by atoms with van der Waals surface area (Å²) in [6, 6.07) is 1.60. The summed E-state index contributed by atoms with van der Waals surface area (Å²) in [6.45, 7) is 8.08. The molecule has 0 N–H and O–H groups in total. The molecule has 0 aromatic heterocycles. The molecule has 0 unspecified atom stereocenters. The number of nitrogens with zero attached hydrogens (tertiary/aromatic N) is 1. The fraction of sp³-hybridized carbons (Fsp3) is 0.538. The average Bonchev–Trinajstić information content (AvgIpc) is 2.37. The van der Waals surface area contributed by atoms with E-state index in [0.717, 1.165) is 12.1 Å². The van der Waals surface area contributed by atoms with Gasteiger partial charge in [0.1, 0.15) is 11.6 Å². The highest BCUT2D eigenvalue weighted by Crippen LogP contribution is 2.34. The van der Waals surface area contributed by atoms with Crippen molar-refractivity contribution in [1.29, 1.82) is 0 Å². The molecule has 0 aliphatic heterocycles. The summed E-state index contributed by atoms with van der Waals surface area (Å²) >= 11 is 0. The van der Waals surface area contributed by atoms with Crippen molar-refractivity contribution in [3.63, 3.8) is 0 Å². The molecule has 1 aromatic rings. The second-order valence-electron chi connectivity index (χ2n) is 3.26. The minimum absolute atomic E-state index is 0.333. The van der Waals surface area contributed by atoms with E-state index >= 15 is 0 Å². The van der Waals surface area contributed by atoms with E-state index in [0.29, 0.717) is 13.1 Å². The molecule has 0 radical (unpaired) electrons. The number of hydrogen-bond acceptors (Lipinski definition) is 1. The molecule has 0 saturated carbocycles. The van der Waals surface area contributed by atoms with Crippen molar-refractivity contribution in [2.45, 2.75) is 34.1 Å². The molecule has 0 aliphatic carbocycles. The summed E-state index contributed by atoms with van der Waals surface area (Å²) in [5.41, 5.74) is -1.19. The van der Waals surface area contributed by atoms with Crippen molar-refractivity contribution >= 4 is 5.69 Å². The van der Waals surface area contributed by atoms with Crippen molar-refractivity contribution < 1.29 is 17.6 Å². The SMILES string of the molecule is CC.CCN(CC)c1c(F)ccc(F)c1C(F)F. The van der Waals surface area contributed by atoms with E-state index in [-0.39, 0.29) is 5.69 Å². The molecule has 5 heteroatoms. The number of hydrogen-bond donors (Lipinski definition) is 0. The summed E-state index contributed by atoms with van der Waals surface area (Å²) in [5.74, 6) is -1.89. The van der Waals surface area contributed by atoms with Crippen LogP contribution >= 0.6 is 0 Å². The Morgan fingerprint density at radius 2 is 1.44 bits per heavy atom. The zero-order valence-electron chi connectivity index (χ0n) is 11.1. The smallest absolute Gasteiger partial charge is 0.268 e. The van der Waals surface area contributed by atoms with Crippen LogP contribution in [0, 0.1) is 11.6 Å². The van der Waals surface area contributed by atoms with E-state index in [2.05, 4.69) is 0 Å². The molecule has 0 fully saturated rings. The van der Waals surface area contributed by atoms with E-state index in [1.54, 1.807) is 13.8 Å². The summed E-state index contributed by atoms with van der Waals surface area (Å²) in [4.78, 5) is 1.37. The molecular formula is C13H19F4N. The number of rotatable bonds is 4. The van der Waals surface area contributed by atoms with Gasteiger partial charge in [-0.05, 0) is 26.0 Å². The van der Waals surface area contributed by atoms with Gasteiger partial charge in [-0.25, -0.2) is 17.6 Å². The Morgan fingerprint density at radius 1 is 1.00 bits per heavy atom. The standard InChI is InChI=1S/C11H13F4N.C2H6/c1-3-16(4-2)10-8(13)6-5-7(12)9(10)11(14)15;1-2/h5-6,11H,3-4H2,1-2H3;1-2H3. The predicted molar refractivity (Wildman–Crippen MR) is 66.2 cm³/mol. The summed E-state index contributed by atoms with van der Waals surface area (Å²) < 4.78 is 52.0. The van der Waals surface area contributed by atoms with Gasteiger partial charge in [0.05, 0.1) is 11.3 Å². The lowest BCUT2D eigenvalue weighted by Gasteiger charge is -2.24. The molecule has 1 rings (SSSR count). The molecule has 0 saturated heterocycles. The van der Waals surface area contributed by atoms with E-state index in [1.165, 1.54) is 4.90 Å². The molecule has 0 aliphatic rings. The van der Waals surface area contributed by atoms with Gasteiger partial charge in [0.25, 0.3) is 6.43 Å². The highest BCUT2D eigenvalue weighted by Gasteiger charge is 2.24. The highest BCUT2D eigenvalue weighted by molar-refractivity contribution is 5.56. The van der Waals surface area contributed by atoms with Crippen LogP contribution in [0.3, 0.4) is 0 Å². The Kier molecular flexibility index (Phi) is 7.39. The molecule has 18 heavy (non-hydrogen) atoms. The maximum atomic E-state index is 13.5. The van der Waals surface area contributed by atoms with Crippen molar-refractivity contribution in [3.05, 3.63) is 29.3 Å². The minimum atomic E-state index is -3.02. The van der Waals surface area contributed by atoms with Crippen LogP contribution < -0.4 is 4.90 Å². The first kappa shape index (κ1) is 16.7. The Labute approximate surface area is 105 Å². The third-order valence-electron chi connectivity index (χ3n) is 2.41. The molecule has 0 spiro atoms. The zero-order valence-corrected chi connectivity index (χ0v) is 11.1. The van der Waals surface area contributed by atoms with Gasteiger partial charge in [-0.3, -0.25) is 0 Å². The Hall–Kier alpha value is -1.26. The maximum absolute atomic E-state index is 13.5. The van der Waals surface area contributed by atoms with Crippen LogP contribution in [0.1, 0.15) is 39.7 Å². The molecule has 1 aromatic carbocycles. The van der Waals surface area contributed by atoms with E-state index in [9.17, 15) is 17.6 Å². The van der Waals surface area contributed by atoms with Crippen LogP contribution in [0.25, 0.3) is 0 Å². The number of anilines is 1. The van der Waals surface area contributed by atoms with Crippen LogP contribution in [0.5, 0.6) is 0 Å². The third kappa shape index (κ3) is 3.62. The predicted octanol–water partition coefficient (Wildman–Crippen LogP) is 4.77. The lowest BCUT2D eigenvalue weighted by atomic mass is 10.1. The van der Waals surface area contributed by atoms with Crippen molar-refractivity contribution in [2.24, 2.45) is 0 Å². The van der Waals surface area contributed by atoms with E-state index < -0.39 is 23.6 Å². The fourth-order valence-corrected chi connectivity index (χ4v) is 1.63. The first-order chi connectivity index (χ1) is 8.52. The van der Waals surface area contributed by atoms with Gasteiger partial charge in [-0.2, -0.15) is 0 Å². The third-order valence-corrected chi connectivity index (χ3v) is 2.41. The average molecular weight is 265 g/mol. The Bertz CT molecular complexity index is 362. The first-order valence-corrected chi connectivity index (χ1v) is 6.03. The van der Waals surface area contributed by atoms with Crippen LogP contribution in [0.15, 0.2) is 12.1 Å². The molecule has 0 heterocycles. The first-order valence-electron chi connectivity index (χ1n) is 6.03. The van der Waals surface area contributed by atoms with Crippen molar-refractivity contribution in [3.8, 4) is 0 Å². The minimum Gasteiger partial charge on any atom is -0.369 e. The van der Waals surface area contributed by atoms with Gasteiger partial charge in [-0.1, -0.05) is 13.8 Å². The van der Waals surface area contributed by atoms with Gasteiger partial charge in [0, 0.05) is 13.1 Å². The number of alkyl halides is 2. The molecule has 104 valence electrons. The van der Waals surface area contributed by atoms with Gasteiger partial charge in [-0.15, -0.1) is 0 Å². The summed E-state index contributed by atoms with van der Waals surface area (Å²) in [6.07, 6.45) is -3.02. The van der Waals surface area contributed by atoms with Gasteiger partial charge >= 0.3 is 0 Å². The van der Waals surface area contributed by atoms with Gasteiger partial charge in [0.2, 0.25) is 0 Å². The second-order valence-corrected chi connectivity index (χ2v) is 3.26. The lowest BCUT2D eigenvalue weighted by Crippen LogP contribution is -2.25. The van der Waals surface area contributed by atoms with Gasteiger partial charge < -0.3 is 4.90 Å². The van der Waals surface area contributed by atoms with Crippen LogP contribution in [0.2, 0.25) is 0 Å². The molecular weight excluding hydrogens is 246 g/mol. The van der Waals surface area contributed by atoms with Crippen molar-refractivity contribution in [1.82, 2.24) is 0 Å².